The zero-order chi connectivity index (χ0) is 21.7. The second-order valence-electron chi connectivity index (χ2n) is 6.38. The average Bonchev–Trinajstić information content (AvgIpc) is 3.12. The molecule has 0 bridgehead atoms. The van der Waals surface area contributed by atoms with Crippen molar-refractivity contribution in [2.24, 2.45) is 12.8 Å². The third kappa shape index (κ3) is 5.20. The Hall–Kier alpha value is -3.29. The van der Waals surface area contributed by atoms with Crippen LogP contribution in [0.5, 0.6) is 5.75 Å². The smallest absolute Gasteiger partial charge is 0.302 e. The van der Waals surface area contributed by atoms with Gasteiger partial charge in [-0.15, -0.1) is 0 Å². The number of nitrogens with two attached hydrogens (primary N) is 1. The van der Waals surface area contributed by atoms with E-state index in [2.05, 4.69) is 10.5 Å². The lowest BCUT2D eigenvalue weighted by molar-refractivity contribution is -0.510. The maximum Gasteiger partial charge on any atom is 0.302 e. The summed E-state index contributed by atoms with van der Waals surface area (Å²) in [6.45, 7) is 0.0657. The molecule has 1 aromatic heterocycles. The third-order valence-electron chi connectivity index (χ3n) is 4.15. The number of hydrogen-bond acceptors (Lipinski definition) is 3. The van der Waals surface area contributed by atoms with E-state index in [4.69, 9.17) is 33.7 Å². The quantitative estimate of drug-likeness (QED) is 0.223. The molecular weight excluding hydrogens is 427 g/mol. The molecule has 4 N–H and O–H groups in total. The SMILES string of the molecule is Cn1cc(C(=O)c2ccc(Cl)cc2Cl)cc1C(=O)N[NH+]=C(N)COc1ccccc1. The number of benzene rings is 2. The first kappa shape index (κ1) is 21.4. The first-order valence-corrected chi connectivity index (χ1v) is 9.62. The Kier molecular flexibility index (Phi) is 6.76. The number of ether oxygens (including phenoxy) is 1. The number of amidine groups is 1. The van der Waals surface area contributed by atoms with Gasteiger partial charge >= 0.3 is 11.7 Å². The van der Waals surface area contributed by atoms with Gasteiger partial charge < -0.3 is 9.30 Å². The van der Waals surface area contributed by atoms with E-state index in [9.17, 15) is 9.59 Å². The number of carbonyl (C=O) groups is 2. The van der Waals surface area contributed by atoms with Gasteiger partial charge in [-0.05, 0) is 36.4 Å². The molecule has 2 aromatic carbocycles. The summed E-state index contributed by atoms with van der Waals surface area (Å²) in [5.74, 6) is 0.0775. The number of amides is 1. The largest absolute Gasteiger partial charge is 0.481 e. The lowest BCUT2D eigenvalue weighted by Crippen LogP contribution is -2.87. The van der Waals surface area contributed by atoms with Gasteiger partial charge in [0.1, 0.15) is 11.4 Å². The van der Waals surface area contributed by atoms with Crippen molar-refractivity contribution in [3.63, 3.8) is 0 Å². The van der Waals surface area contributed by atoms with E-state index in [-0.39, 0.29) is 28.9 Å². The molecule has 0 aliphatic rings. The highest BCUT2D eigenvalue weighted by Crippen LogP contribution is 2.24. The van der Waals surface area contributed by atoms with Crippen molar-refractivity contribution in [3.05, 3.63) is 87.7 Å². The summed E-state index contributed by atoms with van der Waals surface area (Å²) in [7, 11) is 1.65. The molecule has 30 heavy (non-hydrogen) atoms. The highest BCUT2D eigenvalue weighted by atomic mass is 35.5. The Labute approximate surface area is 183 Å². The van der Waals surface area contributed by atoms with Crippen molar-refractivity contribution in [2.75, 3.05) is 6.61 Å². The maximum absolute atomic E-state index is 12.7. The molecule has 0 spiro atoms. The standard InChI is InChI=1S/C21H18Cl2N4O3/c1-27-11-13(20(28)16-8-7-14(22)10-17(16)23)9-18(27)21(29)26-25-19(24)12-30-15-5-3-2-4-6-15/h2-11H,12H2,1H3,(H2,24,25)(H,26,29)/p+1. The van der Waals surface area contributed by atoms with Crippen LogP contribution >= 0.6 is 23.2 Å². The summed E-state index contributed by atoms with van der Waals surface area (Å²) in [5, 5.41) is 3.27. The fraction of sp³-hybridized carbons (Fsp3) is 0.0952. The van der Waals surface area contributed by atoms with Crippen LogP contribution in [0.15, 0.2) is 60.8 Å². The number of hydrazine groups is 1. The van der Waals surface area contributed by atoms with E-state index in [1.54, 1.807) is 37.5 Å². The van der Waals surface area contributed by atoms with Crippen molar-refractivity contribution in [2.45, 2.75) is 0 Å². The molecule has 0 fully saturated rings. The van der Waals surface area contributed by atoms with Gasteiger partial charge in [-0.3, -0.25) is 15.3 Å². The van der Waals surface area contributed by atoms with Crippen molar-refractivity contribution in [1.29, 1.82) is 0 Å². The summed E-state index contributed by atoms with van der Waals surface area (Å²) >= 11 is 12.0. The van der Waals surface area contributed by atoms with E-state index < -0.39 is 5.91 Å². The Morgan fingerprint density at radius 3 is 2.57 bits per heavy atom. The number of hydrazone groups is 1. The number of nitrogens with zero attached hydrogens (tertiary/aromatic N) is 1. The molecule has 0 aliphatic heterocycles. The van der Waals surface area contributed by atoms with Crippen LogP contribution in [0.2, 0.25) is 10.0 Å². The van der Waals surface area contributed by atoms with Gasteiger partial charge in [0.05, 0.1) is 5.02 Å². The highest BCUT2D eigenvalue weighted by Gasteiger charge is 2.19. The average molecular weight is 446 g/mol. The summed E-state index contributed by atoms with van der Waals surface area (Å²) in [6, 6.07) is 15.2. The zero-order valence-electron chi connectivity index (χ0n) is 16.0. The molecule has 0 radical (unpaired) electrons. The van der Waals surface area contributed by atoms with Gasteiger partial charge in [0.25, 0.3) is 0 Å². The normalized spacial score (nSPS) is 11.2. The molecule has 1 heterocycles. The van der Waals surface area contributed by atoms with Crippen LogP contribution in [0.4, 0.5) is 0 Å². The molecular formula is C21H19Cl2N4O3+. The first-order chi connectivity index (χ1) is 14.3. The number of hydrogen-bond donors (Lipinski definition) is 3. The summed E-state index contributed by atoms with van der Waals surface area (Å²) in [6.07, 6.45) is 1.55. The van der Waals surface area contributed by atoms with Crippen LogP contribution in [-0.4, -0.2) is 28.7 Å². The predicted octanol–water partition coefficient (Wildman–Crippen LogP) is 1.72. The minimum atomic E-state index is -0.471. The van der Waals surface area contributed by atoms with E-state index in [1.807, 2.05) is 18.2 Å². The minimum absolute atomic E-state index is 0.0657. The van der Waals surface area contributed by atoms with Crippen molar-refractivity contribution >= 4 is 40.7 Å². The van der Waals surface area contributed by atoms with E-state index in [1.165, 1.54) is 16.7 Å². The van der Waals surface area contributed by atoms with Crippen molar-refractivity contribution < 1.29 is 19.4 Å². The molecule has 0 atom stereocenters. The van der Waals surface area contributed by atoms with Gasteiger partial charge in [0.2, 0.25) is 0 Å². The molecule has 3 rings (SSSR count). The van der Waals surface area contributed by atoms with Crippen LogP contribution < -0.4 is 21.0 Å². The van der Waals surface area contributed by atoms with Gasteiger partial charge in [0.15, 0.2) is 12.4 Å². The first-order valence-electron chi connectivity index (χ1n) is 8.87. The minimum Gasteiger partial charge on any atom is -0.481 e. The van der Waals surface area contributed by atoms with Gasteiger partial charge in [0, 0.05) is 29.4 Å². The number of aromatic nitrogens is 1. The Balaban J connectivity index is 1.66. The molecule has 3 aromatic rings. The second-order valence-corrected chi connectivity index (χ2v) is 7.23. The van der Waals surface area contributed by atoms with Gasteiger partial charge in [-0.1, -0.05) is 41.4 Å². The summed E-state index contributed by atoms with van der Waals surface area (Å²) in [5.41, 5.74) is 9.18. The Morgan fingerprint density at radius 1 is 1.13 bits per heavy atom. The zero-order valence-corrected chi connectivity index (χ0v) is 17.5. The second kappa shape index (κ2) is 9.47. The fourth-order valence-electron chi connectivity index (χ4n) is 2.66. The van der Waals surface area contributed by atoms with Gasteiger partial charge in [-0.2, -0.15) is 10.5 Å². The Bertz CT molecular complexity index is 1110. The number of aryl methyl sites for hydroxylation is 1. The number of halogens is 2. The molecule has 0 saturated carbocycles. The number of rotatable bonds is 7. The lowest BCUT2D eigenvalue weighted by Gasteiger charge is -2.03. The van der Waals surface area contributed by atoms with Crippen LogP contribution in [0.3, 0.4) is 0 Å². The molecule has 0 saturated heterocycles. The van der Waals surface area contributed by atoms with Crippen molar-refractivity contribution in [1.82, 2.24) is 9.99 Å². The molecule has 7 nitrogen and oxygen atoms in total. The number of nitrogens with one attached hydrogen (secondary N) is 2. The van der Waals surface area contributed by atoms with E-state index >= 15 is 0 Å². The molecule has 1 amide bonds. The fourth-order valence-corrected chi connectivity index (χ4v) is 3.15. The highest BCUT2D eigenvalue weighted by molar-refractivity contribution is 6.37. The number of carbonyl (C=O) groups excluding carboxylic acids is 2. The summed E-state index contributed by atoms with van der Waals surface area (Å²) in [4.78, 5) is 25.2. The van der Waals surface area contributed by atoms with Crippen LogP contribution in [-0.2, 0) is 7.05 Å². The maximum atomic E-state index is 12.7. The monoisotopic (exact) mass is 445 g/mol. The number of ketones is 1. The van der Waals surface area contributed by atoms with Gasteiger partial charge in [-0.25, -0.2) is 0 Å². The van der Waals surface area contributed by atoms with E-state index in [0.29, 0.717) is 21.9 Å². The van der Waals surface area contributed by atoms with Crippen LogP contribution in [0.25, 0.3) is 0 Å². The van der Waals surface area contributed by atoms with Crippen molar-refractivity contribution in [3.8, 4) is 5.75 Å². The van der Waals surface area contributed by atoms with E-state index in [0.717, 1.165) is 0 Å². The topological polar surface area (TPSA) is 100 Å². The third-order valence-corrected chi connectivity index (χ3v) is 4.70. The molecule has 0 aliphatic carbocycles. The molecule has 9 heteroatoms. The number of para-hydroxylation sites is 1. The molecule has 0 unspecified atom stereocenters. The summed E-state index contributed by atoms with van der Waals surface area (Å²) < 4.78 is 7.02. The molecule has 154 valence electrons. The lowest BCUT2D eigenvalue weighted by atomic mass is 10.1. The predicted molar refractivity (Wildman–Crippen MR) is 115 cm³/mol. The van der Waals surface area contributed by atoms with Crippen LogP contribution in [0, 0.1) is 0 Å². The Morgan fingerprint density at radius 2 is 1.87 bits per heavy atom. The van der Waals surface area contributed by atoms with Crippen LogP contribution in [0.1, 0.15) is 26.4 Å².